The molecule has 0 heterocycles. The predicted octanol–water partition coefficient (Wildman–Crippen LogP) is 1.97. The molecule has 1 amide bonds. The van der Waals surface area contributed by atoms with Gasteiger partial charge in [0, 0.05) is 0 Å². The normalized spacial score (nSPS) is 20.8. The Morgan fingerprint density at radius 3 is 2.25 bits per heavy atom. The summed E-state index contributed by atoms with van der Waals surface area (Å²) in [6.45, 7) is 1.96. The molecule has 1 fully saturated rings. The van der Waals surface area contributed by atoms with Crippen LogP contribution in [0, 0.1) is 0 Å². The Labute approximate surface area is 73.0 Å². The second-order valence-corrected chi connectivity index (χ2v) is 3.43. The molecule has 5 N–H and O–H groups in total. The molecule has 0 aliphatic heterocycles. The lowest BCUT2D eigenvalue weighted by Gasteiger charge is -2.32. The molecule has 1 rings (SSSR count). The van der Waals surface area contributed by atoms with Gasteiger partial charge < -0.3 is 16.6 Å². The summed E-state index contributed by atoms with van der Waals surface area (Å²) in [5.41, 5.74) is 4.67. The van der Waals surface area contributed by atoms with E-state index in [-0.39, 0.29) is 11.8 Å². The van der Waals surface area contributed by atoms with E-state index in [2.05, 4.69) is 0 Å². The Bertz CT molecular complexity index is 153. The van der Waals surface area contributed by atoms with Gasteiger partial charge in [-0.15, -0.1) is 0 Å². The number of amides is 1. The van der Waals surface area contributed by atoms with E-state index in [1.165, 1.54) is 6.42 Å². The van der Waals surface area contributed by atoms with Gasteiger partial charge in [-0.1, -0.05) is 6.42 Å². The summed E-state index contributed by atoms with van der Waals surface area (Å²) in [4.78, 5) is 10.5. The Morgan fingerprint density at radius 1 is 1.33 bits per heavy atom. The van der Waals surface area contributed by atoms with E-state index in [4.69, 9.17) is 10.5 Å². The molecule has 0 radical (unpaired) electrons. The molecule has 1 aliphatic rings. The monoisotopic (exact) mass is 174 g/mol. The van der Waals surface area contributed by atoms with Crippen molar-refractivity contribution in [1.82, 2.24) is 6.15 Å². The number of primary amides is 1. The van der Waals surface area contributed by atoms with E-state index < -0.39 is 6.09 Å². The highest BCUT2D eigenvalue weighted by atomic mass is 16.6. The van der Waals surface area contributed by atoms with Crippen molar-refractivity contribution in [2.45, 2.75) is 44.6 Å². The predicted molar refractivity (Wildman–Crippen MR) is 47.2 cm³/mol. The number of carbonyl (C=O) groups excluding carboxylic acids is 1. The van der Waals surface area contributed by atoms with Crippen molar-refractivity contribution in [2.75, 3.05) is 0 Å². The summed E-state index contributed by atoms with van der Waals surface area (Å²) >= 11 is 0. The van der Waals surface area contributed by atoms with Crippen molar-refractivity contribution in [3.05, 3.63) is 0 Å². The molecule has 4 heteroatoms. The molecule has 0 aromatic rings. The molecular weight excluding hydrogens is 156 g/mol. The highest BCUT2D eigenvalue weighted by Gasteiger charge is 2.29. The molecule has 0 bridgehead atoms. The number of rotatable bonds is 1. The molecule has 12 heavy (non-hydrogen) atoms. The summed E-state index contributed by atoms with van der Waals surface area (Å²) in [5.74, 6) is 0. The summed E-state index contributed by atoms with van der Waals surface area (Å²) in [7, 11) is 0. The maximum absolute atomic E-state index is 10.5. The number of ether oxygens (including phenoxy) is 1. The highest BCUT2D eigenvalue weighted by Crippen LogP contribution is 2.30. The van der Waals surface area contributed by atoms with E-state index in [0.717, 1.165) is 25.7 Å². The summed E-state index contributed by atoms with van der Waals surface area (Å²) in [5, 5.41) is 0. The number of hydrogen-bond donors (Lipinski definition) is 2. The van der Waals surface area contributed by atoms with Crippen molar-refractivity contribution in [3.63, 3.8) is 0 Å². The van der Waals surface area contributed by atoms with Crippen molar-refractivity contribution < 1.29 is 9.53 Å². The molecular formula is C8H18N2O2. The average molecular weight is 174 g/mol. The van der Waals surface area contributed by atoms with Crippen molar-refractivity contribution >= 4 is 6.09 Å². The molecule has 1 saturated carbocycles. The fourth-order valence-corrected chi connectivity index (χ4v) is 1.64. The van der Waals surface area contributed by atoms with Crippen molar-refractivity contribution in [2.24, 2.45) is 5.73 Å². The molecule has 0 spiro atoms. The summed E-state index contributed by atoms with van der Waals surface area (Å²) in [6.07, 6.45) is 4.80. The molecule has 0 aromatic heterocycles. The van der Waals surface area contributed by atoms with Crippen LogP contribution in [0.25, 0.3) is 0 Å². The third kappa shape index (κ3) is 3.09. The van der Waals surface area contributed by atoms with E-state index >= 15 is 0 Å². The minimum atomic E-state index is -0.644. The first-order chi connectivity index (χ1) is 5.12. The lowest BCUT2D eigenvalue weighted by atomic mass is 9.86. The summed E-state index contributed by atoms with van der Waals surface area (Å²) in [6, 6.07) is 0. The lowest BCUT2D eigenvalue weighted by Crippen LogP contribution is -2.35. The molecule has 0 atom stereocenters. The smallest absolute Gasteiger partial charge is 0.405 e. The van der Waals surface area contributed by atoms with Gasteiger partial charge in [-0.3, -0.25) is 0 Å². The molecule has 0 unspecified atom stereocenters. The topological polar surface area (TPSA) is 87.3 Å². The second-order valence-electron chi connectivity index (χ2n) is 3.43. The van der Waals surface area contributed by atoms with E-state index in [1.54, 1.807) is 0 Å². The second kappa shape index (κ2) is 4.30. The third-order valence-electron chi connectivity index (χ3n) is 2.26. The Hall–Kier alpha value is -0.770. The summed E-state index contributed by atoms with van der Waals surface area (Å²) < 4.78 is 5.02. The van der Waals surface area contributed by atoms with Gasteiger partial charge in [0.2, 0.25) is 0 Å². The van der Waals surface area contributed by atoms with Gasteiger partial charge in [-0.05, 0) is 32.6 Å². The molecule has 0 saturated heterocycles. The van der Waals surface area contributed by atoms with Crippen molar-refractivity contribution in [1.29, 1.82) is 0 Å². The number of nitrogens with two attached hydrogens (primary N) is 1. The SMILES string of the molecule is CC1(OC(N)=O)CCCCC1.N. The quantitative estimate of drug-likeness (QED) is 0.637. The maximum Gasteiger partial charge on any atom is 0.405 e. The Morgan fingerprint density at radius 2 is 1.83 bits per heavy atom. The maximum atomic E-state index is 10.5. The van der Waals surface area contributed by atoms with Gasteiger partial charge in [0.1, 0.15) is 5.60 Å². The zero-order valence-electron chi connectivity index (χ0n) is 7.64. The van der Waals surface area contributed by atoms with Gasteiger partial charge in [0.25, 0.3) is 0 Å². The highest BCUT2D eigenvalue weighted by molar-refractivity contribution is 5.65. The van der Waals surface area contributed by atoms with Crippen LogP contribution in [0.4, 0.5) is 4.79 Å². The third-order valence-corrected chi connectivity index (χ3v) is 2.26. The zero-order valence-corrected chi connectivity index (χ0v) is 7.64. The van der Waals surface area contributed by atoms with Crippen LogP contribution in [0.15, 0.2) is 0 Å². The zero-order chi connectivity index (χ0) is 8.32. The molecule has 1 aliphatic carbocycles. The minimum absolute atomic E-state index is 0. The fraction of sp³-hybridized carbons (Fsp3) is 0.875. The van der Waals surface area contributed by atoms with Crippen LogP contribution in [-0.2, 0) is 4.74 Å². The Kier molecular flexibility index (Phi) is 4.03. The van der Waals surface area contributed by atoms with Crippen LogP contribution in [0.2, 0.25) is 0 Å². The van der Waals surface area contributed by atoms with Crippen LogP contribution in [0.1, 0.15) is 39.0 Å². The Balaban J connectivity index is 0.00000121. The van der Waals surface area contributed by atoms with Gasteiger partial charge in [-0.25, -0.2) is 4.79 Å². The first-order valence-corrected chi connectivity index (χ1v) is 4.11. The first kappa shape index (κ1) is 11.2. The van der Waals surface area contributed by atoms with Crippen LogP contribution >= 0.6 is 0 Å². The first-order valence-electron chi connectivity index (χ1n) is 4.11. The molecule has 0 aromatic carbocycles. The molecule has 72 valence electrons. The lowest BCUT2D eigenvalue weighted by molar-refractivity contribution is 0.00303. The van der Waals surface area contributed by atoms with E-state index in [9.17, 15) is 4.79 Å². The number of hydrogen-bond acceptors (Lipinski definition) is 3. The largest absolute Gasteiger partial charge is 0.443 e. The van der Waals surface area contributed by atoms with Crippen LogP contribution in [0.5, 0.6) is 0 Å². The van der Waals surface area contributed by atoms with Crippen LogP contribution in [0.3, 0.4) is 0 Å². The fourth-order valence-electron chi connectivity index (χ4n) is 1.64. The van der Waals surface area contributed by atoms with Crippen molar-refractivity contribution in [3.8, 4) is 0 Å². The average Bonchev–Trinajstić information content (AvgIpc) is 1.85. The standard InChI is InChI=1S/C8H15NO2.H3N/c1-8(11-7(9)10)5-3-2-4-6-8;/h2-6H2,1H3,(H2,9,10);1H3. The van der Waals surface area contributed by atoms with Gasteiger partial charge in [-0.2, -0.15) is 0 Å². The van der Waals surface area contributed by atoms with Gasteiger partial charge >= 0.3 is 6.09 Å². The van der Waals surface area contributed by atoms with Crippen LogP contribution < -0.4 is 11.9 Å². The molecule has 4 nitrogen and oxygen atoms in total. The minimum Gasteiger partial charge on any atom is -0.443 e. The van der Waals surface area contributed by atoms with E-state index in [0.29, 0.717) is 0 Å². The van der Waals surface area contributed by atoms with E-state index in [1.807, 2.05) is 6.92 Å². The van der Waals surface area contributed by atoms with Gasteiger partial charge in [0.05, 0.1) is 0 Å². The van der Waals surface area contributed by atoms with Crippen LogP contribution in [-0.4, -0.2) is 11.7 Å². The number of carbonyl (C=O) groups is 1. The van der Waals surface area contributed by atoms with Gasteiger partial charge in [0.15, 0.2) is 0 Å².